The first kappa shape index (κ1) is 19.4. The van der Waals surface area contributed by atoms with E-state index in [2.05, 4.69) is 9.72 Å². The fourth-order valence-corrected chi connectivity index (χ4v) is 2.75. The van der Waals surface area contributed by atoms with Crippen LogP contribution in [0.15, 0.2) is 18.3 Å². The maximum Gasteiger partial charge on any atom is 0.340 e. The van der Waals surface area contributed by atoms with Gasteiger partial charge >= 0.3 is 12.3 Å². The van der Waals surface area contributed by atoms with Crippen LogP contribution in [0.4, 0.5) is 17.6 Å². The number of hydrogen-bond donors (Lipinski definition) is 1. The number of ether oxygens (including phenoxy) is 1. The highest BCUT2D eigenvalue weighted by molar-refractivity contribution is 5.94. The average molecular weight is 363 g/mol. The van der Waals surface area contributed by atoms with Crippen molar-refractivity contribution in [3.05, 3.63) is 23.9 Å². The highest BCUT2D eigenvalue weighted by Gasteiger charge is 2.41. The monoisotopic (exact) mass is 363 g/mol. The first-order chi connectivity index (χ1) is 11.7. The number of nitrogens with zero attached hydrogens (tertiary/aromatic N) is 2. The van der Waals surface area contributed by atoms with E-state index >= 15 is 0 Å². The predicted molar refractivity (Wildman–Crippen MR) is 83.0 cm³/mol. The van der Waals surface area contributed by atoms with Gasteiger partial charge in [-0.1, -0.05) is 0 Å². The zero-order chi connectivity index (χ0) is 18.6. The first-order valence-corrected chi connectivity index (χ1v) is 8.04. The summed E-state index contributed by atoms with van der Waals surface area (Å²) in [7, 11) is 0. The summed E-state index contributed by atoms with van der Waals surface area (Å²) in [5.41, 5.74) is 6.20. The molecular weight excluding hydrogens is 342 g/mol. The zero-order valence-corrected chi connectivity index (χ0v) is 13.8. The van der Waals surface area contributed by atoms with E-state index in [9.17, 15) is 22.4 Å². The van der Waals surface area contributed by atoms with E-state index in [1.807, 2.05) is 6.92 Å². The molecule has 0 spiro atoms. The van der Waals surface area contributed by atoms with Crippen molar-refractivity contribution in [2.75, 3.05) is 13.2 Å². The van der Waals surface area contributed by atoms with E-state index in [-0.39, 0.29) is 29.4 Å². The van der Waals surface area contributed by atoms with Crippen molar-refractivity contribution >= 4 is 5.91 Å². The fraction of sp³-hybridized carbons (Fsp3) is 0.625. The fourth-order valence-electron chi connectivity index (χ4n) is 2.75. The maximum absolute atomic E-state index is 12.8. The van der Waals surface area contributed by atoms with Gasteiger partial charge in [-0.05, 0) is 32.3 Å². The summed E-state index contributed by atoms with van der Waals surface area (Å²) in [5, 5.41) is 0. The molecule has 0 bridgehead atoms. The van der Waals surface area contributed by atoms with Gasteiger partial charge in [0.2, 0.25) is 5.88 Å². The minimum atomic E-state index is -4.26. The van der Waals surface area contributed by atoms with Gasteiger partial charge in [0.1, 0.15) is 0 Å². The van der Waals surface area contributed by atoms with E-state index in [4.69, 9.17) is 5.73 Å². The average Bonchev–Trinajstić information content (AvgIpc) is 2.59. The molecule has 2 heterocycles. The molecule has 25 heavy (non-hydrogen) atoms. The molecule has 0 aliphatic carbocycles. The lowest BCUT2D eigenvalue weighted by Gasteiger charge is -2.38. The number of alkyl halides is 4. The van der Waals surface area contributed by atoms with Gasteiger partial charge in [-0.15, -0.1) is 0 Å². The van der Waals surface area contributed by atoms with Gasteiger partial charge in [0.15, 0.2) is 6.61 Å². The molecular formula is C16H21F4N3O2. The van der Waals surface area contributed by atoms with Crippen LogP contribution in [0.25, 0.3) is 0 Å². The molecule has 1 saturated heterocycles. The summed E-state index contributed by atoms with van der Waals surface area (Å²) in [6.45, 7) is 0.947. The van der Waals surface area contributed by atoms with Crippen molar-refractivity contribution in [3.63, 3.8) is 0 Å². The van der Waals surface area contributed by atoms with Crippen LogP contribution in [-0.2, 0) is 0 Å². The Kier molecular flexibility index (Phi) is 6.21. The van der Waals surface area contributed by atoms with Crippen LogP contribution in [0.5, 0.6) is 5.88 Å². The van der Waals surface area contributed by atoms with Crippen LogP contribution < -0.4 is 10.5 Å². The first-order valence-electron chi connectivity index (χ1n) is 8.04. The second-order valence-electron chi connectivity index (χ2n) is 6.16. The number of amides is 1. The van der Waals surface area contributed by atoms with Gasteiger partial charge in [0.25, 0.3) is 5.91 Å². The molecule has 1 aliphatic heterocycles. The number of rotatable bonds is 6. The molecule has 2 rings (SSSR count). The molecule has 2 atom stereocenters. The lowest BCUT2D eigenvalue weighted by molar-refractivity contribution is -0.148. The Labute approximate surface area is 143 Å². The van der Waals surface area contributed by atoms with Crippen molar-refractivity contribution in [1.29, 1.82) is 0 Å². The van der Waals surface area contributed by atoms with Crippen LogP contribution in [0.1, 0.15) is 36.5 Å². The van der Waals surface area contributed by atoms with E-state index in [0.29, 0.717) is 6.54 Å². The highest BCUT2D eigenvalue weighted by Crippen LogP contribution is 2.24. The molecule has 0 radical (unpaired) electrons. The Morgan fingerprint density at radius 2 is 2.16 bits per heavy atom. The van der Waals surface area contributed by atoms with E-state index in [1.165, 1.54) is 18.3 Å². The van der Waals surface area contributed by atoms with Crippen LogP contribution in [-0.4, -0.2) is 53.4 Å². The lowest BCUT2D eigenvalue weighted by Crippen LogP contribution is -2.51. The Hall–Kier alpha value is -1.90. The molecule has 0 saturated carbocycles. The number of nitrogens with two attached hydrogens (primary N) is 1. The number of halogens is 4. The summed E-state index contributed by atoms with van der Waals surface area (Å²) >= 11 is 0. The zero-order valence-electron chi connectivity index (χ0n) is 13.8. The smallest absolute Gasteiger partial charge is 0.340 e. The Bertz CT molecular complexity index is 581. The summed E-state index contributed by atoms with van der Waals surface area (Å²) in [5.74, 6) is -4.76. The quantitative estimate of drug-likeness (QED) is 0.789. The van der Waals surface area contributed by atoms with Crippen LogP contribution in [0, 0.1) is 0 Å². The number of hydrogen-bond acceptors (Lipinski definition) is 4. The number of likely N-dealkylation sites (tertiary alicyclic amines) is 1. The Morgan fingerprint density at radius 3 is 2.72 bits per heavy atom. The molecule has 9 heteroatoms. The Morgan fingerprint density at radius 1 is 1.44 bits per heavy atom. The number of carbonyl (C=O) groups excluding carboxylic acids is 1. The van der Waals surface area contributed by atoms with Gasteiger partial charge in [-0.25, -0.2) is 13.8 Å². The topological polar surface area (TPSA) is 68.5 Å². The van der Waals surface area contributed by atoms with Crippen LogP contribution in [0.2, 0.25) is 0 Å². The third-order valence-electron chi connectivity index (χ3n) is 4.13. The minimum Gasteiger partial charge on any atom is -0.471 e. The predicted octanol–water partition coefficient (Wildman–Crippen LogP) is 2.70. The minimum absolute atomic E-state index is 0.0677. The number of piperidine rings is 1. The molecule has 1 fully saturated rings. The van der Waals surface area contributed by atoms with Crippen molar-refractivity contribution in [3.8, 4) is 5.88 Å². The standard InChI is InChI=1S/C16H21F4N3O2/c1-10(21)12-4-2-3-7-23(12)14(24)11-5-6-13(22-8-11)25-9-16(19,20)15(17)18/h5-6,8,10,12,15H,2-4,7,9,21H2,1H3. The van der Waals surface area contributed by atoms with E-state index < -0.39 is 19.0 Å². The highest BCUT2D eigenvalue weighted by atomic mass is 19.3. The van der Waals surface area contributed by atoms with Gasteiger partial charge in [-0.3, -0.25) is 4.79 Å². The molecule has 1 amide bonds. The maximum atomic E-state index is 12.8. The molecule has 2 unspecified atom stereocenters. The number of carbonyl (C=O) groups is 1. The van der Waals surface area contributed by atoms with Gasteiger partial charge < -0.3 is 15.4 Å². The summed E-state index contributed by atoms with van der Waals surface area (Å²) in [6.07, 6.45) is 0.0693. The second kappa shape index (κ2) is 7.99. The lowest BCUT2D eigenvalue weighted by atomic mass is 9.96. The third kappa shape index (κ3) is 4.81. The normalized spacial score (nSPS) is 19.8. The van der Waals surface area contributed by atoms with Gasteiger partial charge in [0, 0.05) is 30.9 Å². The third-order valence-corrected chi connectivity index (χ3v) is 4.13. The largest absolute Gasteiger partial charge is 0.471 e. The van der Waals surface area contributed by atoms with E-state index in [1.54, 1.807) is 4.90 Å². The molecule has 1 aliphatic rings. The second-order valence-corrected chi connectivity index (χ2v) is 6.16. The Balaban J connectivity index is 2.02. The molecule has 5 nitrogen and oxygen atoms in total. The molecule has 140 valence electrons. The van der Waals surface area contributed by atoms with Crippen LogP contribution >= 0.6 is 0 Å². The number of pyridine rings is 1. The van der Waals surface area contributed by atoms with Crippen molar-refractivity contribution in [2.45, 2.75) is 50.6 Å². The van der Waals surface area contributed by atoms with Gasteiger partial charge in [0.05, 0.1) is 5.56 Å². The van der Waals surface area contributed by atoms with Crippen molar-refractivity contribution in [1.82, 2.24) is 9.88 Å². The molecule has 1 aromatic heterocycles. The number of aromatic nitrogens is 1. The SMILES string of the molecule is CC(N)C1CCCCN1C(=O)c1ccc(OCC(F)(F)C(F)F)nc1. The van der Waals surface area contributed by atoms with Gasteiger partial charge in [-0.2, -0.15) is 8.78 Å². The van der Waals surface area contributed by atoms with Crippen molar-refractivity contribution < 1.29 is 27.1 Å². The molecule has 2 N–H and O–H groups in total. The molecule has 1 aromatic rings. The summed E-state index contributed by atoms with van der Waals surface area (Å²) < 4.78 is 54.4. The summed E-state index contributed by atoms with van der Waals surface area (Å²) in [6, 6.07) is 2.34. The van der Waals surface area contributed by atoms with Crippen LogP contribution in [0.3, 0.4) is 0 Å². The van der Waals surface area contributed by atoms with E-state index in [0.717, 1.165) is 19.3 Å². The molecule has 0 aromatic carbocycles. The van der Waals surface area contributed by atoms with Crippen molar-refractivity contribution in [2.24, 2.45) is 5.73 Å². The summed E-state index contributed by atoms with van der Waals surface area (Å²) in [4.78, 5) is 18.0.